The Morgan fingerprint density at radius 2 is 1.78 bits per heavy atom. The number of halogens is 2. The highest BCUT2D eigenvalue weighted by atomic mass is 35.5. The summed E-state index contributed by atoms with van der Waals surface area (Å²) < 4.78 is 16.8. The van der Waals surface area contributed by atoms with Gasteiger partial charge in [0, 0.05) is 32.6 Å². The average Bonchev–Trinajstić information content (AvgIpc) is 3.36. The van der Waals surface area contributed by atoms with Crippen molar-refractivity contribution in [1.29, 1.82) is 0 Å². The van der Waals surface area contributed by atoms with Gasteiger partial charge in [-0.3, -0.25) is 10.1 Å². The number of rotatable bonds is 10. The molecule has 1 amide bonds. The Morgan fingerprint density at radius 3 is 2.49 bits per heavy atom. The molecule has 0 aliphatic carbocycles. The lowest BCUT2D eigenvalue weighted by molar-refractivity contribution is -0.111. The molecule has 0 saturated carbocycles. The predicted molar refractivity (Wildman–Crippen MR) is 150 cm³/mol. The Labute approximate surface area is 229 Å². The van der Waals surface area contributed by atoms with Crippen LogP contribution in [0.1, 0.15) is 18.1 Å². The molecule has 37 heavy (non-hydrogen) atoms. The second-order valence-electron chi connectivity index (χ2n) is 7.72. The number of thiazole rings is 1. The normalized spacial score (nSPS) is 10.9. The maximum Gasteiger partial charge on any atom is 0.250 e. The van der Waals surface area contributed by atoms with Gasteiger partial charge in [-0.15, -0.1) is 11.3 Å². The van der Waals surface area contributed by atoms with Crippen LogP contribution in [-0.2, 0) is 11.4 Å². The second kappa shape index (κ2) is 12.6. The summed E-state index contributed by atoms with van der Waals surface area (Å²) in [6, 6.07) is 18.3. The lowest BCUT2D eigenvalue weighted by Gasteiger charge is -2.13. The van der Waals surface area contributed by atoms with Crippen molar-refractivity contribution in [3.05, 3.63) is 93.3 Å². The van der Waals surface area contributed by atoms with Crippen molar-refractivity contribution in [2.24, 2.45) is 0 Å². The van der Waals surface area contributed by atoms with Gasteiger partial charge in [0.05, 0.1) is 19.4 Å². The summed E-state index contributed by atoms with van der Waals surface area (Å²) in [6.45, 7) is 2.75. The molecule has 3 aromatic carbocycles. The number of hydrogen-bond acceptors (Lipinski definition) is 6. The molecular weight excluding hydrogens is 531 g/mol. The SMILES string of the molecule is CCOc1ccc(-c2csc(NC(=O)/C=C/c3ccc(OCc4c(Cl)cccc4Cl)c(OC)c3)n2)cc1. The number of anilines is 1. The van der Waals surface area contributed by atoms with E-state index in [2.05, 4.69) is 10.3 Å². The first kappa shape index (κ1) is 26.5. The second-order valence-corrected chi connectivity index (χ2v) is 9.39. The maximum absolute atomic E-state index is 12.5. The van der Waals surface area contributed by atoms with E-state index in [4.69, 9.17) is 37.4 Å². The third-order valence-electron chi connectivity index (χ3n) is 5.24. The fraction of sp³-hybridized carbons (Fsp3) is 0.143. The summed E-state index contributed by atoms with van der Waals surface area (Å²) in [5.74, 6) is 1.57. The van der Waals surface area contributed by atoms with E-state index in [1.807, 2.05) is 42.6 Å². The molecule has 6 nitrogen and oxygen atoms in total. The molecule has 1 N–H and O–H groups in total. The molecule has 0 aliphatic heterocycles. The topological polar surface area (TPSA) is 69.7 Å². The van der Waals surface area contributed by atoms with Crippen molar-refractivity contribution in [2.75, 3.05) is 19.0 Å². The van der Waals surface area contributed by atoms with E-state index in [-0.39, 0.29) is 12.5 Å². The largest absolute Gasteiger partial charge is 0.494 e. The summed E-state index contributed by atoms with van der Waals surface area (Å²) in [4.78, 5) is 17.0. The number of aromatic nitrogens is 1. The number of methoxy groups -OCH3 is 1. The first-order valence-electron chi connectivity index (χ1n) is 11.4. The van der Waals surface area contributed by atoms with Crippen molar-refractivity contribution in [3.8, 4) is 28.5 Å². The van der Waals surface area contributed by atoms with Crippen molar-refractivity contribution in [1.82, 2.24) is 4.98 Å². The first-order valence-corrected chi connectivity index (χ1v) is 13.0. The van der Waals surface area contributed by atoms with E-state index in [9.17, 15) is 4.79 Å². The van der Waals surface area contributed by atoms with Crippen molar-refractivity contribution >= 4 is 51.7 Å². The minimum absolute atomic E-state index is 0.193. The molecule has 4 aromatic rings. The van der Waals surface area contributed by atoms with Crippen molar-refractivity contribution in [2.45, 2.75) is 13.5 Å². The Balaban J connectivity index is 1.37. The summed E-state index contributed by atoms with van der Waals surface area (Å²) in [5, 5.41) is 6.27. The van der Waals surface area contributed by atoms with Gasteiger partial charge in [-0.05, 0) is 67.1 Å². The minimum Gasteiger partial charge on any atom is -0.494 e. The Morgan fingerprint density at radius 1 is 1.03 bits per heavy atom. The van der Waals surface area contributed by atoms with Gasteiger partial charge < -0.3 is 14.2 Å². The Kier molecular flexibility index (Phi) is 9.06. The van der Waals surface area contributed by atoms with Crippen LogP contribution < -0.4 is 19.5 Å². The van der Waals surface area contributed by atoms with Crippen LogP contribution in [0.15, 0.2) is 72.1 Å². The molecule has 0 aliphatic rings. The minimum atomic E-state index is -0.291. The fourth-order valence-corrected chi connectivity index (χ4v) is 4.63. The van der Waals surface area contributed by atoms with Crippen LogP contribution in [0.4, 0.5) is 5.13 Å². The Hall–Kier alpha value is -3.52. The highest BCUT2D eigenvalue weighted by molar-refractivity contribution is 7.14. The van der Waals surface area contributed by atoms with Crippen molar-refractivity contribution < 1.29 is 19.0 Å². The van der Waals surface area contributed by atoms with Gasteiger partial charge in [-0.2, -0.15) is 0 Å². The summed E-state index contributed by atoms with van der Waals surface area (Å²) in [6.07, 6.45) is 3.13. The third kappa shape index (κ3) is 7.04. The van der Waals surface area contributed by atoms with E-state index < -0.39 is 0 Å². The molecule has 0 fully saturated rings. The van der Waals surface area contributed by atoms with Crippen LogP contribution in [0.3, 0.4) is 0 Å². The average molecular weight is 555 g/mol. The highest BCUT2D eigenvalue weighted by Crippen LogP contribution is 2.32. The number of benzene rings is 3. The molecule has 0 saturated heterocycles. The molecule has 1 heterocycles. The monoisotopic (exact) mass is 554 g/mol. The van der Waals surface area contributed by atoms with E-state index in [0.717, 1.165) is 22.6 Å². The van der Waals surface area contributed by atoms with Gasteiger partial charge in [0.2, 0.25) is 5.91 Å². The van der Waals surface area contributed by atoms with Crippen LogP contribution in [-0.4, -0.2) is 24.6 Å². The van der Waals surface area contributed by atoms with Crippen LogP contribution >= 0.6 is 34.5 Å². The molecule has 0 bridgehead atoms. The predicted octanol–water partition coefficient (Wildman–Crippen LogP) is 7.76. The number of carbonyl (C=O) groups excluding carboxylic acids is 1. The van der Waals surface area contributed by atoms with Crippen LogP contribution in [0.25, 0.3) is 17.3 Å². The Bertz CT molecular complexity index is 1380. The van der Waals surface area contributed by atoms with Crippen molar-refractivity contribution in [3.63, 3.8) is 0 Å². The first-order chi connectivity index (χ1) is 18.0. The van der Waals surface area contributed by atoms with E-state index >= 15 is 0 Å². The summed E-state index contributed by atoms with van der Waals surface area (Å²) in [7, 11) is 1.55. The van der Waals surface area contributed by atoms with Crippen LogP contribution in [0.2, 0.25) is 10.0 Å². The zero-order valence-corrected chi connectivity index (χ0v) is 22.5. The molecule has 0 unspecified atom stereocenters. The van der Waals surface area contributed by atoms with Crippen LogP contribution in [0, 0.1) is 0 Å². The van der Waals surface area contributed by atoms with E-state index in [1.165, 1.54) is 17.4 Å². The number of nitrogens with one attached hydrogen (secondary N) is 1. The maximum atomic E-state index is 12.5. The molecular formula is C28H24Cl2N2O4S. The van der Waals surface area contributed by atoms with Gasteiger partial charge in [-0.25, -0.2) is 4.98 Å². The summed E-state index contributed by atoms with van der Waals surface area (Å²) >= 11 is 13.8. The lowest BCUT2D eigenvalue weighted by atomic mass is 10.2. The molecule has 0 atom stereocenters. The number of carbonyl (C=O) groups is 1. The number of hydrogen-bond donors (Lipinski definition) is 1. The zero-order valence-electron chi connectivity index (χ0n) is 20.2. The zero-order chi connectivity index (χ0) is 26.2. The number of ether oxygens (including phenoxy) is 3. The molecule has 0 radical (unpaired) electrons. The molecule has 0 spiro atoms. The highest BCUT2D eigenvalue weighted by Gasteiger charge is 2.11. The molecule has 4 rings (SSSR count). The fourth-order valence-electron chi connectivity index (χ4n) is 3.40. The van der Waals surface area contributed by atoms with Gasteiger partial charge in [0.25, 0.3) is 0 Å². The van der Waals surface area contributed by atoms with E-state index in [0.29, 0.717) is 38.8 Å². The smallest absolute Gasteiger partial charge is 0.250 e. The lowest BCUT2D eigenvalue weighted by Crippen LogP contribution is -2.07. The van der Waals surface area contributed by atoms with Crippen LogP contribution in [0.5, 0.6) is 17.2 Å². The van der Waals surface area contributed by atoms with Gasteiger partial charge >= 0.3 is 0 Å². The third-order valence-corrected chi connectivity index (χ3v) is 6.71. The number of nitrogens with zero attached hydrogens (tertiary/aromatic N) is 1. The van der Waals surface area contributed by atoms with Gasteiger partial charge in [0.1, 0.15) is 12.4 Å². The molecule has 9 heteroatoms. The molecule has 1 aromatic heterocycles. The number of amides is 1. The van der Waals surface area contributed by atoms with E-state index in [1.54, 1.807) is 43.5 Å². The quantitative estimate of drug-likeness (QED) is 0.203. The molecule has 190 valence electrons. The van der Waals surface area contributed by atoms with Gasteiger partial charge in [0.15, 0.2) is 16.6 Å². The van der Waals surface area contributed by atoms with Gasteiger partial charge in [-0.1, -0.05) is 35.3 Å². The summed E-state index contributed by atoms with van der Waals surface area (Å²) in [5.41, 5.74) is 3.19. The standard InChI is InChI=1S/C28H24Cl2N2O4S/c1-3-35-20-11-9-19(10-12-20)24-17-37-28(31-24)32-27(33)14-8-18-7-13-25(26(15-18)34-2)36-16-21-22(29)5-4-6-23(21)30/h4-15,17H,3,16H2,1-2H3,(H,31,32,33)/b14-8+.